The van der Waals surface area contributed by atoms with Crippen LogP contribution in [-0.4, -0.2) is 16.4 Å². The monoisotopic (exact) mass is 259 g/mol. The number of benzene rings is 1. The Morgan fingerprint density at radius 2 is 2.33 bits per heavy atom. The molecule has 0 fully saturated rings. The van der Waals surface area contributed by atoms with Crippen LogP contribution in [0.15, 0.2) is 23.7 Å². The average Bonchev–Trinajstić information content (AvgIpc) is 2.76. The predicted molar refractivity (Wildman–Crippen MR) is 75.5 cm³/mol. The Labute approximate surface area is 111 Å². The fourth-order valence-corrected chi connectivity index (χ4v) is 3.30. The number of aromatic nitrogens is 1. The van der Waals surface area contributed by atoms with Crippen LogP contribution in [0.5, 0.6) is 0 Å². The fraction of sp³-hybridized carbons (Fsp3) is 0.357. The molecule has 4 heteroatoms. The summed E-state index contributed by atoms with van der Waals surface area (Å²) in [5, 5.41) is 0. The van der Waals surface area contributed by atoms with Crippen LogP contribution >= 0.6 is 11.3 Å². The highest BCUT2D eigenvalue weighted by molar-refractivity contribution is 7.09. The van der Waals surface area contributed by atoms with Gasteiger partial charge in [-0.05, 0) is 30.5 Å². The van der Waals surface area contributed by atoms with Crippen molar-refractivity contribution in [2.45, 2.75) is 26.4 Å². The number of nitrogens with two attached hydrogens (primary N) is 1. The van der Waals surface area contributed by atoms with Gasteiger partial charge in [-0.15, -0.1) is 11.3 Å². The third kappa shape index (κ3) is 2.13. The van der Waals surface area contributed by atoms with Crippen molar-refractivity contribution in [2.24, 2.45) is 0 Å². The van der Waals surface area contributed by atoms with Crippen molar-refractivity contribution in [1.29, 1.82) is 0 Å². The molecule has 1 aromatic carbocycles. The second-order valence-electron chi connectivity index (χ2n) is 4.81. The highest BCUT2D eigenvalue weighted by atomic mass is 32.1. The zero-order valence-corrected chi connectivity index (χ0v) is 11.3. The van der Waals surface area contributed by atoms with E-state index in [2.05, 4.69) is 28.9 Å². The standard InChI is InChI=1S/C14H17N3S/c1-10-14(18-9-16-10)8-17-6-5-11-3-2-4-13(15)12(11)7-17/h2-4,9H,5-8,15H2,1H3. The van der Waals surface area contributed by atoms with Gasteiger partial charge in [-0.3, -0.25) is 4.90 Å². The molecule has 0 bridgehead atoms. The van der Waals surface area contributed by atoms with Gasteiger partial charge in [0.1, 0.15) is 0 Å². The van der Waals surface area contributed by atoms with Gasteiger partial charge in [-0.2, -0.15) is 0 Å². The van der Waals surface area contributed by atoms with Gasteiger partial charge in [-0.1, -0.05) is 12.1 Å². The number of hydrogen-bond donors (Lipinski definition) is 1. The van der Waals surface area contributed by atoms with Gasteiger partial charge in [0.05, 0.1) is 11.2 Å². The number of thiazole rings is 1. The van der Waals surface area contributed by atoms with Gasteiger partial charge in [-0.25, -0.2) is 4.98 Å². The number of aryl methyl sites for hydroxylation is 1. The molecule has 1 aromatic heterocycles. The SMILES string of the molecule is Cc1ncsc1CN1CCc2cccc(N)c2C1. The zero-order valence-electron chi connectivity index (χ0n) is 10.5. The first-order chi connectivity index (χ1) is 8.74. The van der Waals surface area contributed by atoms with Crippen molar-refractivity contribution in [3.8, 4) is 0 Å². The van der Waals surface area contributed by atoms with Crippen molar-refractivity contribution in [2.75, 3.05) is 12.3 Å². The fourth-order valence-electron chi connectivity index (χ4n) is 2.48. The average molecular weight is 259 g/mol. The number of nitrogens with zero attached hydrogens (tertiary/aromatic N) is 2. The Kier molecular flexibility index (Phi) is 3.06. The van der Waals surface area contributed by atoms with Crippen molar-refractivity contribution < 1.29 is 0 Å². The van der Waals surface area contributed by atoms with E-state index in [4.69, 9.17) is 5.73 Å². The molecule has 0 saturated carbocycles. The number of anilines is 1. The van der Waals surface area contributed by atoms with Crippen LogP contribution in [0.25, 0.3) is 0 Å². The van der Waals surface area contributed by atoms with Gasteiger partial charge in [0, 0.05) is 30.2 Å². The summed E-state index contributed by atoms with van der Waals surface area (Å²) in [6.07, 6.45) is 1.10. The maximum Gasteiger partial charge on any atom is 0.0798 e. The molecule has 0 amide bonds. The molecule has 0 aliphatic carbocycles. The molecule has 3 rings (SSSR count). The van der Waals surface area contributed by atoms with E-state index in [1.165, 1.54) is 16.0 Å². The van der Waals surface area contributed by atoms with E-state index in [0.29, 0.717) is 0 Å². The summed E-state index contributed by atoms with van der Waals surface area (Å²) in [6.45, 7) is 5.13. The van der Waals surface area contributed by atoms with E-state index in [0.717, 1.165) is 37.4 Å². The van der Waals surface area contributed by atoms with E-state index in [1.807, 2.05) is 11.6 Å². The maximum absolute atomic E-state index is 6.07. The summed E-state index contributed by atoms with van der Waals surface area (Å²) in [7, 11) is 0. The van der Waals surface area contributed by atoms with Crippen LogP contribution in [0.4, 0.5) is 5.69 Å². The summed E-state index contributed by atoms with van der Waals surface area (Å²) in [5.74, 6) is 0. The van der Waals surface area contributed by atoms with Crippen LogP contribution in [0.2, 0.25) is 0 Å². The molecular weight excluding hydrogens is 242 g/mol. The lowest BCUT2D eigenvalue weighted by Crippen LogP contribution is -2.30. The molecule has 2 aromatic rings. The normalized spacial score (nSPS) is 15.6. The summed E-state index contributed by atoms with van der Waals surface area (Å²) >= 11 is 1.74. The minimum Gasteiger partial charge on any atom is -0.398 e. The lowest BCUT2D eigenvalue weighted by atomic mass is 9.98. The summed E-state index contributed by atoms with van der Waals surface area (Å²) in [4.78, 5) is 8.14. The topological polar surface area (TPSA) is 42.2 Å². The highest BCUT2D eigenvalue weighted by Gasteiger charge is 2.19. The van der Waals surface area contributed by atoms with Crippen molar-refractivity contribution >= 4 is 17.0 Å². The molecule has 0 saturated heterocycles. The minimum absolute atomic E-state index is 0.929. The third-order valence-electron chi connectivity index (χ3n) is 3.60. The third-order valence-corrected chi connectivity index (χ3v) is 4.52. The molecule has 0 unspecified atom stereocenters. The van der Waals surface area contributed by atoms with E-state index in [1.54, 1.807) is 11.3 Å². The van der Waals surface area contributed by atoms with E-state index >= 15 is 0 Å². The number of fused-ring (bicyclic) bond motifs is 1. The zero-order chi connectivity index (χ0) is 12.5. The van der Waals surface area contributed by atoms with E-state index < -0.39 is 0 Å². The molecule has 18 heavy (non-hydrogen) atoms. The molecule has 1 aliphatic heterocycles. The van der Waals surface area contributed by atoms with Crippen molar-refractivity contribution in [3.63, 3.8) is 0 Å². The largest absolute Gasteiger partial charge is 0.398 e. The van der Waals surface area contributed by atoms with E-state index in [9.17, 15) is 0 Å². The molecule has 0 atom stereocenters. The van der Waals surface area contributed by atoms with Gasteiger partial charge in [0.15, 0.2) is 0 Å². The highest BCUT2D eigenvalue weighted by Crippen LogP contribution is 2.26. The van der Waals surface area contributed by atoms with Gasteiger partial charge >= 0.3 is 0 Å². The van der Waals surface area contributed by atoms with Crippen LogP contribution in [0.1, 0.15) is 21.7 Å². The first kappa shape index (κ1) is 11.7. The first-order valence-electron chi connectivity index (χ1n) is 6.21. The van der Waals surface area contributed by atoms with E-state index in [-0.39, 0.29) is 0 Å². The van der Waals surface area contributed by atoms with Crippen molar-refractivity contribution in [3.05, 3.63) is 45.4 Å². The number of rotatable bonds is 2. The second-order valence-corrected chi connectivity index (χ2v) is 5.75. The van der Waals surface area contributed by atoms with Crippen LogP contribution < -0.4 is 5.73 Å². The Morgan fingerprint density at radius 3 is 3.11 bits per heavy atom. The molecule has 0 radical (unpaired) electrons. The molecule has 0 spiro atoms. The van der Waals surface area contributed by atoms with Crippen LogP contribution in [-0.2, 0) is 19.5 Å². The number of hydrogen-bond acceptors (Lipinski definition) is 4. The molecule has 2 heterocycles. The summed E-state index contributed by atoms with van der Waals surface area (Å²) < 4.78 is 0. The Balaban J connectivity index is 1.79. The smallest absolute Gasteiger partial charge is 0.0798 e. The Morgan fingerprint density at radius 1 is 1.44 bits per heavy atom. The molecule has 2 N–H and O–H groups in total. The second kappa shape index (κ2) is 4.71. The maximum atomic E-state index is 6.07. The van der Waals surface area contributed by atoms with Crippen LogP contribution in [0.3, 0.4) is 0 Å². The Bertz CT molecular complexity index is 562. The van der Waals surface area contributed by atoms with Crippen LogP contribution in [0, 0.1) is 6.92 Å². The van der Waals surface area contributed by atoms with Gasteiger partial charge in [0.25, 0.3) is 0 Å². The molecule has 1 aliphatic rings. The van der Waals surface area contributed by atoms with Crippen molar-refractivity contribution in [1.82, 2.24) is 9.88 Å². The Hall–Kier alpha value is -1.39. The minimum atomic E-state index is 0.929. The first-order valence-corrected chi connectivity index (χ1v) is 7.09. The van der Waals surface area contributed by atoms with Gasteiger partial charge < -0.3 is 5.73 Å². The quantitative estimate of drug-likeness (QED) is 0.843. The summed E-state index contributed by atoms with van der Waals surface area (Å²) in [5.41, 5.74) is 12.8. The lowest BCUT2D eigenvalue weighted by molar-refractivity contribution is 0.248. The van der Waals surface area contributed by atoms with Gasteiger partial charge in [0.2, 0.25) is 0 Å². The molecule has 94 valence electrons. The molecule has 3 nitrogen and oxygen atoms in total. The number of nitrogen functional groups attached to an aromatic ring is 1. The predicted octanol–water partition coefficient (Wildman–Crippen LogP) is 2.59. The molecular formula is C14H17N3S. The summed E-state index contributed by atoms with van der Waals surface area (Å²) in [6, 6.07) is 6.25. The lowest BCUT2D eigenvalue weighted by Gasteiger charge is -2.29.